The Morgan fingerprint density at radius 1 is 1.10 bits per heavy atom. The van der Waals surface area contributed by atoms with Crippen LogP contribution in [0.4, 0.5) is 11.4 Å². The second kappa shape index (κ2) is 9.44. The Balaban J connectivity index is 1.70. The molecule has 2 aromatic rings. The molecule has 2 aromatic carbocycles. The Kier molecular flexibility index (Phi) is 7.14. The van der Waals surface area contributed by atoms with E-state index in [1.165, 1.54) is 21.3 Å². The highest BCUT2D eigenvalue weighted by Crippen LogP contribution is 2.28. The Labute approximate surface area is 190 Å². The van der Waals surface area contributed by atoms with Gasteiger partial charge in [-0.15, -0.1) is 0 Å². The first-order valence-electron chi connectivity index (χ1n) is 9.73. The van der Waals surface area contributed by atoms with Crippen LogP contribution in [0.3, 0.4) is 0 Å². The quantitative estimate of drug-likeness (QED) is 0.546. The van der Waals surface area contributed by atoms with Gasteiger partial charge in [-0.05, 0) is 71.1 Å². The normalized spacial score (nSPS) is 16.9. The lowest BCUT2D eigenvalue weighted by atomic mass is 10.1. The first-order valence-corrected chi connectivity index (χ1v) is 12.2. The summed E-state index contributed by atoms with van der Waals surface area (Å²) in [5.74, 6) is -0.819. The SMILES string of the molecule is CCN(CC)S(=O)(=O)c1ccc(N2CC(C(=O)Nc3ccc(I)cc3)CC2=O)cc1. The molecule has 1 unspecified atom stereocenters. The first kappa shape index (κ1) is 22.7. The van der Waals surface area contributed by atoms with Gasteiger partial charge in [-0.2, -0.15) is 4.31 Å². The van der Waals surface area contributed by atoms with Crippen molar-refractivity contribution in [2.75, 3.05) is 29.9 Å². The third-order valence-electron chi connectivity index (χ3n) is 5.10. The van der Waals surface area contributed by atoms with E-state index in [0.717, 1.165) is 3.57 Å². The van der Waals surface area contributed by atoms with E-state index in [1.54, 1.807) is 26.0 Å². The van der Waals surface area contributed by atoms with Crippen molar-refractivity contribution in [1.82, 2.24) is 4.31 Å². The molecule has 9 heteroatoms. The maximum atomic E-state index is 12.6. The molecule has 0 spiro atoms. The number of nitrogens with one attached hydrogen (secondary N) is 1. The van der Waals surface area contributed by atoms with E-state index < -0.39 is 15.9 Å². The number of halogens is 1. The van der Waals surface area contributed by atoms with Gasteiger partial charge in [0.25, 0.3) is 0 Å². The van der Waals surface area contributed by atoms with E-state index in [-0.39, 0.29) is 29.7 Å². The first-order chi connectivity index (χ1) is 14.3. The second-order valence-electron chi connectivity index (χ2n) is 6.98. The summed E-state index contributed by atoms with van der Waals surface area (Å²) in [5, 5.41) is 2.85. The minimum Gasteiger partial charge on any atom is -0.326 e. The van der Waals surface area contributed by atoms with Crippen LogP contribution < -0.4 is 10.2 Å². The predicted octanol–water partition coefficient (Wildman–Crippen LogP) is 3.31. The third-order valence-corrected chi connectivity index (χ3v) is 7.88. The van der Waals surface area contributed by atoms with E-state index in [4.69, 9.17) is 0 Å². The summed E-state index contributed by atoms with van der Waals surface area (Å²) in [7, 11) is -3.55. The summed E-state index contributed by atoms with van der Waals surface area (Å²) < 4.78 is 27.7. The van der Waals surface area contributed by atoms with Crippen LogP contribution in [-0.4, -0.2) is 44.2 Å². The molecule has 0 aliphatic carbocycles. The summed E-state index contributed by atoms with van der Waals surface area (Å²) in [5.41, 5.74) is 1.28. The summed E-state index contributed by atoms with van der Waals surface area (Å²) in [6.45, 7) is 4.63. The molecule has 1 N–H and O–H groups in total. The third kappa shape index (κ3) is 4.84. The number of amides is 2. The monoisotopic (exact) mass is 541 g/mol. The number of hydrogen-bond acceptors (Lipinski definition) is 4. The van der Waals surface area contributed by atoms with Crippen LogP contribution in [0, 0.1) is 9.49 Å². The number of sulfonamides is 1. The van der Waals surface area contributed by atoms with Crippen LogP contribution in [0.1, 0.15) is 20.3 Å². The molecule has 30 heavy (non-hydrogen) atoms. The van der Waals surface area contributed by atoms with Crippen molar-refractivity contribution in [2.24, 2.45) is 5.92 Å². The highest BCUT2D eigenvalue weighted by molar-refractivity contribution is 14.1. The number of carbonyl (C=O) groups is 2. The molecule has 7 nitrogen and oxygen atoms in total. The van der Waals surface area contributed by atoms with Crippen molar-refractivity contribution in [2.45, 2.75) is 25.2 Å². The predicted molar refractivity (Wildman–Crippen MR) is 125 cm³/mol. The average Bonchev–Trinajstić information content (AvgIpc) is 3.12. The van der Waals surface area contributed by atoms with Gasteiger partial charge in [0, 0.05) is 41.0 Å². The highest BCUT2D eigenvalue weighted by atomic mass is 127. The maximum Gasteiger partial charge on any atom is 0.243 e. The smallest absolute Gasteiger partial charge is 0.243 e. The molecule has 0 bridgehead atoms. The second-order valence-corrected chi connectivity index (χ2v) is 10.2. The van der Waals surface area contributed by atoms with Crippen molar-refractivity contribution < 1.29 is 18.0 Å². The molecule has 0 aromatic heterocycles. The molecule has 0 radical (unpaired) electrons. The molecule has 1 atom stereocenters. The number of benzene rings is 2. The van der Waals surface area contributed by atoms with Crippen LogP contribution in [0.2, 0.25) is 0 Å². The minimum atomic E-state index is -3.55. The van der Waals surface area contributed by atoms with Crippen molar-refractivity contribution in [1.29, 1.82) is 0 Å². The molecule has 3 rings (SSSR count). The largest absolute Gasteiger partial charge is 0.326 e. The van der Waals surface area contributed by atoms with Crippen LogP contribution >= 0.6 is 22.6 Å². The number of nitrogens with zero attached hydrogens (tertiary/aromatic N) is 2. The van der Waals surface area contributed by atoms with Gasteiger partial charge in [-0.1, -0.05) is 13.8 Å². The zero-order chi connectivity index (χ0) is 21.9. The molecule has 1 heterocycles. The molecule has 0 saturated carbocycles. The summed E-state index contributed by atoms with van der Waals surface area (Å²) in [4.78, 5) is 26.8. The van der Waals surface area contributed by atoms with Crippen molar-refractivity contribution in [3.05, 3.63) is 52.1 Å². The fourth-order valence-electron chi connectivity index (χ4n) is 3.42. The van der Waals surface area contributed by atoms with Gasteiger partial charge in [0.15, 0.2) is 0 Å². The van der Waals surface area contributed by atoms with Crippen LogP contribution in [0.25, 0.3) is 0 Å². The summed E-state index contributed by atoms with van der Waals surface area (Å²) in [6.07, 6.45) is 0.121. The zero-order valence-corrected chi connectivity index (χ0v) is 19.8. The fourth-order valence-corrected chi connectivity index (χ4v) is 5.24. The van der Waals surface area contributed by atoms with Gasteiger partial charge < -0.3 is 10.2 Å². The van der Waals surface area contributed by atoms with Crippen LogP contribution in [0.15, 0.2) is 53.4 Å². The fraction of sp³-hybridized carbons (Fsp3) is 0.333. The molecule has 1 aliphatic rings. The lowest BCUT2D eigenvalue weighted by Gasteiger charge is -2.20. The van der Waals surface area contributed by atoms with Crippen molar-refractivity contribution in [3.8, 4) is 0 Å². The van der Waals surface area contributed by atoms with Gasteiger partial charge in [0.05, 0.1) is 10.8 Å². The molecule has 1 saturated heterocycles. The number of rotatable bonds is 7. The maximum absolute atomic E-state index is 12.6. The topological polar surface area (TPSA) is 86.8 Å². The van der Waals surface area contributed by atoms with Crippen LogP contribution in [-0.2, 0) is 19.6 Å². The van der Waals surface area contributed by atoms with Gasteiger partial charge in [-0.25, -0.2) is 8.42 Å². The molecule has 1 fully saturated rings. The lowest BCUT2D eigenvalue weighted by molar-refractivity contribution is -0.122. The van der Waals surface area contributed by atoms with E-state index in [1.807, 2.05) is 24.3 Å². The van der Waals surface area contributed by atoms with E-state index in [2.05, 4.69) is 27.9 Å². The van der Waals surface area contributed by atoms with Crippen LogP contribution in [0.5, 0.6) is 0 Å². The highest BCUT2D eigenvalue weighted by Gasteiger charge is 2.35. The molecular formula is C21H24IN3O4S. The lowest BCUT2D eigenvalue weighted by Crippen LogP contribution is -2.31. The number of carbonyl (C=O) groups excluding carboxylic acids is 2. The van der Waals surface area contributed by atoms with E-state index in [0.29, 0.717) is 24.5 Å². The Morgan fingerprint density at radius 2 is 1.70 bits per heavy atom. The summed E-state index contributed by atoms with van der Waals surface area (Å²) >= 11 is 2.19. The Hall–Kier alpha value is -1.98. The number of hydrogen-bond donors (Lipinski definition) is 1. The van der Waals surface area contributed by atoms with Gasteiger partial charge >= 0.3 is 0 Å². The molecule has 2 amide bonds. The molecule has 160 valence electrons. The number of anilines is 2. The summed E-state index contributed by atoms with van der Waals surface area (Å²) in [6, 6.07) is 13.7. The Bertz CT molecular complexity index is 1020. The van der Waals surface area contributed by atoms with Gasteiger partial charge in [0.2, 0.25) is 21.8 Å². The average molecular weight is 541 g/mol. The van der Waals surface area contributed by atoms with Gasteiger partial charge in [-0.3, -0.25) is 9.59 Å². The van der Waals surface area contributed by atoms with E-state index in [9.17, 15) is 18.0 Å². The minimum absolute atomic E-state index is 0.121. The molecular weight excluding hydrogens is 517 g/mol. The molecule has 1 aliphatic heterocycles. The zero-order valence-electron chi connectivity index (χ0n) is 16.8. The van der Waals surface area contributed by atoms with Crippen molar-refractivity contribution >= 4 is 55.8 Å². The Morgan fingerprint density at radius 3 is 2.27 bits per heavy atom. The van der Waals surface area contributed by atoms with Crippen molar-refractivity contribution in [3.63, 3.8) is 0 Å². The standard InChI is InChI=1S/C21H24IN3O4S/c1-3-24(4-2)30(28,29)19-11-9-18(10-12-19)25-14-15(13-20(25)26)21(27)23-17-7-5-16(22)6-8-17/h5-12,15H,3-4,13-14H2,1-2H3,(H,23,27). The van der Waals surface area contributed by atoms with Gasteiger partial charge in [0.1, 0.15) is 0 Å². The van der Waals surface area contributed by atoms with E-state index >= 15 is 0 Å².